The van der Waals surface area contributed by atoms with Crippen molar-refractivity contribution in [2.75, 3.05) is 19.6 Å². The van der Waals surface area contributed by atoms with Gasteiger partial charge in [-0.3, -0.25) is 4.68 Å². The van der Waals surface area contributed by atoms with Crippen LogP contribution in [0.4, 0.5) is 0 Å². The Morgan fingerprint density at radius 2 is 2.14 bits per heavy atom. The summed E-state index contributed by atoms with van der Waals surface area (Å²) in [4.78, 5) is 6.79. The van der Waals surface area contributed by atoms with Crippen molar-refractivity contribution < 1.29 is 0 Å². The highest BCUT2D eigenvalue weighted by atomic mass is 15.3. The van der Waals surface area contributed by atoms with Crippen LogP contribution in [0.2, 0.25) is 0 Å². The van der Waals surface area contributed by atoms with Gasteiger partial charge in [0.25, 0.3) is 0 Å². The van der Waals surface area contributed by atoms with Crippen LogP contribution in [0.3, 0.4) is 0 Å². The van der Waals surface area contributed by atoms with Crippen LogP contribution >= 0.6 is 0 Å². The first-order chi connectivity index (χ1) is 10.3. The molecule has 3 rings (SSSR count). The fraction of sp³-hybridized carbons (Fsp3) is 0.500. The third-order valence-electron chi connectivity index (χ3n) is 4.03. The largest absolute Gasteiger partial charge is 0.306 e. The number of likely N-dealkylation sites (tertiary alicyclic amines) is 1. The number of hydrogen-bond acceptors (Lipinski definition) is 4. The molecule has 2 aromatic rings. The van der Waals surface area contributed by atoms with Crippen molar-refractivity contribution in [3.05, 3.63) is 48.0 Å². The molecule has 0 spiro atoms. The Kier molecular flexibility index (Phi) is 4.62. The van der Waals surface area contributed by atoms with Crippen LogP contribution in [-0.2, 0) is 20.0 Å². The maximum Gasteiger partial charge on any atom is 0.164 e. The lowest BCUT2D eigenvalue weighted by Gasteiger charge is -2.16. The van der Waals surface area contributed by atoms with E-state index >= 15 is 0 Å². The smallest absolute Gasteiger partial charge is 0.164 e. The lowest BCUT2D eigenvalue weighted by atomic mass is 10.1. The zero-order chi connectivity index (χ0) is 14.5. The van der Waals surface area contributed by atoms with Crippen LogP contribution < -0.4 is 5.32 Å². The summed E-state index contributed by atoms with van der Waals surface area (Å²) >= 11 is 0. The van der Waals surface area contributed by atoms with Crippen molar-refractivity contribution in [1.29, 1.82) is 0 Å². The average Bonchev–Trinajstić information content (AvgIpc) is 3.13. The van der Waals surface area contributed by atoms with Gasteiger partial charge in [0, 0.05) is 26.2 Å². The lowest BCUT2D eigenvalue weighted by Crippen LogP contribution is -2.33. The Bertz CT molecular complexity index is 551. The molecule has 0 aliphatic carbocycles. The fourth-order valence-electron chi connectivity index (χ4n) is 2.83. The Balaban J connectivity index is 1.39. The molecule has 5 heteroatoms. The number of nitrogens with zero attached hydrogens (tertiary/aromatic N) is 4. The molecule has 1 aliphatic rings. The molecular weight excluding hydrogens is 262 g/mol. The van der Waals surface area contributed by atoms with Gasteiger partial charge in [0.05, 0.1) is 6.54 Å². The van der Waals surface area contributed by atoms with E-state index < -0.39 is 0 Å². The normalized spacial score (nSPS) is 19.2. The van der Waals surface area contributed by atoms with E-state index in [1.165, 1.54) is 18.5 Å². The van der Waals surface area contributed by atoms with Crippen molar-refractivity contribution in [3.63, 3.8) is 0 Å². The van der Waals surface area contributed by atoms with Crippen LogP contribution in [0, 0.1) is 0 Å². The van der Waals surface area contributed by atoms with Crippen molar-refractivity contribution in [2.45, 2.75) is 25.4 Å². The summed E-state index contributed by atoms with van der Waals surface area (Å²) in [5.74, 6) is 0.875. The molecule has 1 unspecified atom stereocenters. The molecule has 2 heterocycles. The predicted molar refractivity (Wildman–Crippen MR) is 82.8 cm³/mol. The van der Waals surface area contributed by atoms with E-state index in [1.807, 2.05) is 7.05 Å². The lowest BCUT2D eigenvalue weighted by molar-refractivity contribution is 0.331. The molecule has 1 atom stereocenters. The molecule has 5 nitrogen and oxygen atoms in total. The number of aromatic nitrogens is 3. The summed E-state index contributed by atoms with van der Waals surface area (Å²) < 4.78 is 1.75. The van der Waals surface area contributed by atoms with Gasteiger partial charge in [-0.2, -0.15) is 5.10 Å². The second kappa shape index (κ2) is 6.83. The van der Waals surface area contributed by atoms with Crippen molar-refractivity contribution in [2.24, 2.45) is 7.05 Å². The highest BCUT2D eigenvalue weighted by Crippen LogP contribution is 2.11. The van der Waals surface area contributed by atoms with Crippen LogP contribution in [0.5, 0.6) is 0 Å². The summed E-state index contributed by atoms with van der Waals surface area (Å²) in [7, 11) is 1.90. The summed E-state index contributed by atoms with van der Waals surface area (Å²) in [5, 5.41) is 7.86. The van der Waals surface area contributed by atoms with E-state index in [0.29, 0.717) is 6.04 Å². The molecule has 112 valence electrons. The Hall–Kier alpha value is -1.72. The highest BCUT2D eigenvalue weighted by molar-refractivity contribution is 5.14. The maximum absolute atomic E-state index is 4.30. The summed E-state index contributed by atoms with van der Waals surface area (Å²) in [6.45, 7) is 4.21. The molecule has 1 N–H and O–H groups in total. The third-order valence-corrected chi connectivity index (χ3v) is 4.03. The molecule has 1 aromatic carbocycles. The average molecular weight is 285 g/mol. The Morgan fingerprint density at radius 1 is 1.29 bits per heavy atom. The van der Waals surface area contributed by atoms with Gasteiger partial charge in [-0.1, -0.05) is 30.3 Å². The molecule has 1 aliphatic heterocycles. The number of aryl methyl sites for hydroxylation is 1. The minimum absolute atomic E-state index is 0.560. The van der Waals surface area contributed by atoms with Crippen molar-refractivity contribution in [3.8, 4) is 0 Å². The molecule has 1 aromatic heterocycles. The molecular formula is C16H23N5. The topological polar surface area (TPSA) is 46.0 Å². The molecule has 0 amide bonds. The Morgan fingerprint density at radius 3 is 2.90 bits per heavy atom. The van der Waals surface area contributed by atoms with E-state index in [9.17, 15) is 0 Å². The molecule has 1 fully saturated rings. The maximum atomic E-state index is 4.30. The molecule has 0 radical (unpaired) electrons. The SMILES string of the molecule is Cn1cnc(CNC2CCN(CCc3ccccc3)C2)n1. The van der Waals surface area contributed by atoms with E-state index in [-0.39, 0.29) is 0 Å². The van der Waals surface area contributed by atoms with Gasteiger partial charge in [-0.25, -0.2) is 4.98 Å². The van der Waals surface area contributed by atoms with Gasteiger partial charge in [0.1, 0.15) is 6.33 Å². The van der Waals surface area contributed by atoms with Crippen LogP contribution in [0.1, 0.15) is 17.8 Å². The Labute approximate surface area is 126 Å². The summed E-state index contributed by atoms with van der Waals surface area (Å²) in [6.07, 6.45) is 4.09. The van der Waals surface area contributed by atoms with Gasteiger partial charge < -0.3 is 10.2 Å². The van der Waals surface area contributed by atoms with Crippen LogP contribution in [-0.4, -0.2) is 45.3 Å². The molecule has 0 saturated carbocycles. The third kappa shape index (κ3) is 4.12. The van der Waals surface area contributed by atoms with Gasteiger partial charge >= 0.3 is 0 Å². The van der Waals surface area contributed by atoms with Crippen LogP contribution in [0.25, 0.3) is 0 Å². The van der Waals surface area contributed by atoms with Crippen LogP contribution in [0.15, 0.2) is 36.7 Å². The molecule has 1 saturated heterocycles. The van der Waals surface area contributed by atoms with Crippen molar-refractivity contribution in [1.82, 2.24) is 25.0 Å². The quantitative estimate of drug-likeness (QED) is 0.867. The zero-order valence-electron chi connectivity index (χ0n) is 12.6. The number of hydrogen-bond donors (Lipinski definition) is 1. The number of benzene rings is 1. The summed E-state index contributed by atoms with van der Waals surface area (Å²) in [6, 6.07) is 11.3. The number of rotatable bonds is 6. The second-order valence-electron chi connectivity index (χ2n) is 5.74. The van der Waals surface area contributed by atoms with E-state index in [0.717, 1.165) is 31.9 Å². The molecule has 0 bridgehead atoms. The van der Waals surface area contributed by atoms with Gasteiger partial charge in [-0.05, 0) is 24.9 Å². The second-order valence-corrected chi connectivity index (χ2v) is 5.74. The van der Waals surface area contributed by atoms with E-state index in [4.69, 9.17) is 0 Å². The molecule has 21 heavy (non-hydrogen) atoms. The first-order valence-electron chi connectivity index (χ1n) is 7.64. The number of nitrogens with one attached hydrogen (secondary N) is 1. The van der Waals surface area contributed by atoms with E-state index in [2.05, 4.69) is 50.6 Å². The van der Waals surface area contributed by atoms with Gasteiger partial charge in [0.2, 0.25) is 0 Å². The zero-order valence-corrected chi connectivity index (χ0v) is 12.6. The first-order valence-corrected chi connectivity index (χ1v) is 7.64. The predicted octanol–water partition coefficient (Wildman–Crippen LogP) is 1.22. The van der Waals surface area contributed by atoms with Gasteiger partial charge in [-0.15, -0.1) is 0 Å². The minimum atomic E-state index is 0.560. The summed E-state index contributed by atoms with van der Waals surface area (Å²) in [5.41, 5.74) is 1.42. The van der Waals surface area contributed by atoms with Crippen molar-refractivity contribution >= 4 is 0 Å². The first kappa shape index (κ1) is 14.2. The van der Waals surface area contributed by atoms with Gasteiger partial charge in [0.15, 0.2) is 5.82 Å². The van der Waals surface area contributed by atoms with E-state index in [1.54, 1.807) is 11.0 Å². The fourth-order valence-corrected chi connectivity index (χ4v) is 2.83. The standard InChI is InChI=1S/C16H23N5/c1-20-13-18-16(19-20)11-17-15-8-10-21(12-15)9-7-14-5-3-2-4-6-14/h2-6,13,15,17H,7-12H2,1H3. The minimum Gasteiger partial charge on any atom is -0.306 e. The monoisotopic (exact) mass is 285 g/mol. The highest BCUT2D eigenvalue weighted by Gasteiger charge is 2.21.